The molecule has 22 heavy (non-hydrogen) atoms. The lowest BCUT2D eigenvalue weighted by Crippen LogP contribution is -2.48. The van der Waals surface area contributed by atoms with Gasteiger partial charge in [0, 0.05) is 39.1 Å². The van der Waals surface area contributed by atoms with Crippen LogP contribution in [0.25, 0.3) is 0 Å². The van der Waals surface area contributed by atoms with Crippen LogP contribution in [0.2, 0.25) is 0 Å². The predicted molar refractivity (Wildman–Crippen MR) is 86.3 cm³/mol. The van der Waals surface area contributed by atoms with Crippen molar-refractivity contribution in [1.82, 2.24) is 15.1 Å². The van der Waals surface area contributed by atoms with Crippen molar-refractivity contribution in [1.29, 1.82) is 0 Å². The monoisotopic (exact) mass is 307 g/mol. The van der Waals surface area contributed by atoms with Crippen LogP contribution < -0.4 is 5.32 Å². The number of benzene rings is 1. The molecule has 1 heterocycles. The van der Waals surface area contributed by atoms with Crippen LogP contribution in [0.1, 0.15) is 18.9 Å². The summed E-state index contributed by atoms with van der Waals surface area (Å²) in [6.45, 7) is 8.17. The fourth-order valence-electron chi connectivity index (χ4n) is 2.72. The van der Waals surface area contributed by atoms with E-state index < -0.39 is 0 Å². The molecule has 2 rings (SSSR count). The third-order valence-electron chi connectivity index (χ3n) is 4.22. The van der Waals surface area contributed by atoms with Crippen LogP contribution in [0.3, 0.4) is 0 Å². The molecule has 0 radical (unpaired) electrons. The van der Waals surface area contributed by atoms with Gasteiger partial charge in [0.15, 0.2) is 0 Å². The number of amides is 1. The summed E-state index contributed by atoms with van der Waals surface area (Å²) in [4.78, 5) is 16.4. The van der Waals surface area contributed by atoms with E-state index in [0.29, 0.717) is 25.9 Å². The highest BCUT2D eigenvalue weighted by molar-refractivity contribution is 5.76. The molecule has 1 aliphatic rings. The van der Waals surface area contributed by atoms with E-state index in [-0.39, 0.29) is 11.7 Å². The Bertz CT molecular complexity index is 473. The van der Waals surface area contributed by atoms with Gasteiger partial charge in [0.05, 0.1) is 0 Å². The fourth-order valence-corrected chi connectivity index (χ4v) is 2.72. The zero-order valence-corrected chi connectivity index (χ0v) is 13.4. The summed E-state index contributed by atoms with van der Waals surface area (Å²) in [5.74, 6) is 0.0586. The Morgan fingerprint density at radius 2 is 1.91 bits per heavy atom. The third-order valence-corrected chi connectivity index (χ3v) is 4.22. The number of piperazine rings is 1. The van der Waals surface area contributed by atoms with E-state index in [2.05, 4.69) is 17.1 Å². The van der Waals surface area contributed by atoms with Crippen molar-refractivity contribution < 1.29 is 9.18 Å². The van der Waals surface area contributed by atoms with Gasteiger partial charge in [-0.1, -0.05) is 25.1 Å². The molecule has 0 atom stereocenters. The van der Waals surface area contributed by atoms with E-state index in [0.717, 1.165) is 38.3 Å². The van der Waals surface area contributed by atoms with Crippen LogP contribution in [0.5, 0.6) is 0 Å². The fraction of sp³-hybridized carbons (Fsp3) is 0.588. The first-order chi connectivity index (χ1) is 10.7. The highest BCUT2D eigenvalue weighted by atomic mass is 19.1. The van der Waals surface area contributed by atoms with Gasteiger partial charge < -0.3 is 15.1 Å². The molecule has 1 aliphatic heterocycles. The van der Waals surface area contributed by atoms with Crippen LogP contribution in [0, 0.1) is 5.82 Å². The molecule has 0 bridgehead atoms. The van der Waals surface area contributed by atoms with Crippen molar-refractivity contribution >= 4 is 5.91 Å². The number of carbonyl (C=O) groups is 1. The second-order valence-electron chi connectivity index (χ2n) is 5.66. The largest absolute Gasteiger partial charge is 0.340 e. The topological polar surface area (TPSA) is 35.6 Å². The van der Waals surface area contributed by atoms with Crippen molar-refractivity contribution in [3.63, 3.8) is 0 Å². The summed E-state index contributed by atoms with van der Waals surface area (Å²) in [5.41, 5.74) is 0.719. The van der Waals surface area contributed by atoms with E-state index in [1.807, 2.05) is 11.0 Å². The lowest BCUT2D eigenvalue weighted by molar-refractivity contribution is -0.132. The summed E-state index contributed by atoms with van der Waals surface area (Å²) in [5, 5.41) is 3.23. The highest BCUT2D eigenvalue weighted by Crippen LogP contribution is 2.06. The number of hydrogen-bond donors (Lipinski definition) is 1. The smallest absolute Gasteiger partial charge is 0.223 e. The van der Waals surface area contributed by atoms with Crippen LogP contribution in [-0.2, 0) is 11.2 Å². The molecule has 5 heteroatoms. The second kappa shape index (κ2) is 8.86. The van der Waals surface area contributed by atoms with Gasteiger partial charge in [-0.05, 0) is 31.1 Å². The lowest BCUT2D eigenvalue weighted by atomic mass is 10.1. The summed E-state index contributed by atoms with van der Waals surface area (Å²) >= 11 is 0. The Kier molecular flexibility index (Phi) is 6.80. The maximum Gasteiger partial charge on any atom is 0.223 e. The average molecular weight is 307 g/mol. The Morgan fingerprint density at radius 1 is 1.18 bits per heavy atom. The summed E-state index contributed by atoms with van der Waals surface area (Å²) in [6, 6.07) is 6.82. The number of rotatable bonds is 7. The highest BCUT2D eigenvalue weighted by Gasteiger charge is 2.19. The van der Waals surface area contributed by atoms with E-state index in [4.69, 9.17) is 0 Å². The first-order valence-corrected chi connectivity index (χ1v) is 8.15. The normalized spacial score (nSPS) is 16.0. The number of carbonyl (C=O) groups excluding carboxylic acids is 1. The molecule has 122 valence electrons. The molecule has 0 spiro atoms. The third kappa shape index (κ3) is 5.07. The molecule has 1 aromatic carbocycles. The minimum absolute atomic E-state index is 0.158. The molecule has 0 saturated carbocycles. The zero-order valence-electron chi connectivity index (χ0n) is 13.4. The molecule has 0 unspecified atom stereocenters. The van der Waals surface area contributed by atoms with Crippen molar-refractivity contribution in [3.8, 4) is 0 Å². The van der Waals surface area contributed by atoms with Crippen molar-refractivity contribution in [2.45, 2.75) is 19.8 Å². The van der Waals surface area contributed by atoms with Crippen LogP contribution in [0.4, 0.5) is 4.39 Å². The van der Waals surface area contributed by atoms with Crippen LogP contribution in [-0.4, -0.2) is 61.5 Å². The standard InChI is InChI=1S/C17H26FN3O/c1-2-20-11-13-21(14-12-20)17(22)8-10-19-9-7-15-5-3-4-6-16(15)18/h3-6,19H,2,7-14H2,1H3. The molecule has 0 aromatic heterocycles. The molecule has 1 N–H and O–H groups in total. The van der Waals surface area contributed by atoms with Crippen molar-refractivity contribution in [2.75, 3.05) is 45.8 Å². The Balaban J connectivity index is 1.59. The lowest BCUT2D eigenvalue weighted by Gasteiger charge is -2.34. The molecular formula is C17H26FN3O. The summed E-state index contributed by atoms with van der Waals surface area (Å²) < 4.78 is 13.4. The molecular weight excluding hydrogens is 281 g/mol. The molecule has 1 fully saturated rings. The van der Waals surface area contributed by atoms with Gasteiger partial charge in [0.1, 0.15) is 5.82 Å². The van der Waals surface area contributed by atoms with Crippen LogP contribution >= 0.6 is 0 Å². The number of nitrogens with one attached hydrogen (secondary N) is 1. The zero-order chi connectivity index (χ0) is 15.8. The van der Waals surface area contributed by atoms with Gasteiger partial charge in [-0.15, -0.1) is 0 Å². The predicted octanol–water partition coefficient (Wildman–Crippen LogP) is 1.51. The Morgan fingerprint density at radius 3 is 2.59 bits per heavy atom. The maximum absolute atomic E-state index is 13.4. The molecule has 1 aromatic rings. The van der Waals surface area contributed by atoms with Crippen LogP contribution in [0.15, 0.2) is 24.3 Å². The summed E-state index contributed by atoms with van der Waals surface area (Å²) in [7, 11) is 0. The Labute approximate surface area is 132 Å². The van der Waals surface area contributed by atoms with Gasteiger partial charge in [-0.3, -0.25) is 4.79 Å². The molecule has 1 saturated heterocycles. The number of likely N-dealkylation sites (N-methyl/N-ethyl adjacent to an activating group) is 1. The molecule has 0 aliphatic carbocycles. The molecule has 1 amide bonds. The minimum Gasteiger partial charge on any atom is -0.340 e. The van der Waals surface area contributed by atoms with E-state index >= 15 is 0 Å². The SMILES string of the molecule is CCN1CCN(C(=O)CCNCCc2ccccc2F)CC1. The van der Waals surface area contributed by atoms with Gasteiger partial charge in [-0.2, -0.15) is 0 Å². The first-order valence-electron chi connectivity index (χ1n) is 8.15. The second-order valence-corrected chi connectivity index (χ2v) is 5.66. The summed E-state index contributed by atoms with van der Waals surface area (Å²) in [6.07, 6.45) is 1.17. The van der Waals surface area contributed by atoms with Gasteiger partial charge >= 0.3 is 0 Å². The number of halogens is 1. The number of nitrogens with zero attached hydrogens (tertiary/aromatic N) is 2. The maximum atomic E-state index is 13.4. The van der Waals surface area contributed by atoms with Crippen molar-refractivity contribution in [2.24, 2.45) is 0 Å². The van der Waals surface area contributed by atoms with E-state index in [9.17, 15) is 9.18 Å². The first kappa shape index (κ1) is 16.9. The van der Waals surface area contributed by atoms with Gasteiger partial charge in [0.25, 0.3) is 0 Å². The van der Waals surface area contributed by atoms with Gasteiger partial charge in [-0.25, -0.2) is 4.39 Å². The van der Waals surface area contributed by atoms with E-state index in [1.165, 1.54) is 6.07 Å². The quantitative estimate of drug-likeness (QED) is 0.776. The Hall–Kier alpha value is -1.46. The van der Waals surface area contributed by atoms with Crippen molar-refractivity contribution in [3.05, 3.63) is 35.6 Å². The number of hydrogen-bond acceptors (Lipinski definition) is 3. The molecule has 4 nitrogen and oxygen atoms in total. The minimum atomic E-state index is -0.158. The average Bonchev–Trinajstić information content (AvgIpc) is 2.56. The van der Waals surface area contributed by atoms with Gasteiger partial charge in [0.2, 0.25) is 5.91 Å². The van der Waals surface area contributed by atoms with E-state index in [1.54, 1.807) is 12.1 Å².